The molecule has 1 amide bonds. The van der Waals surface area contributed by atoms with Gasteiger partial charge in [0.1, 0.15) is 30.0 Å². The Labute approximate surface area is 348 Å². The highest BCUT2D eigenvalue weighted by Gasteiger charge is 2.61. The van der Waals surface area contributed by atoms with Gasteiger partial charge in [-0.1, -0.05) is 12.1 Å². The van der Waals surface area contributed by atoms with Crippen LogP contribution in [0.1, 0.15) is 78.4 Å². The van der Waals surface area contributed by atoms with E-state index >= 15 is 0 Å². The van der Waals surface area contributed by atoms with Crippen LogP contribution in [-0.2, 0) is 35.0 Å². The van der Waals surface area contributed by atoms with Crippen LogP contribution in [0.3, 0.4) is 0 Å². The molecule has 1 N–H and O–H groups in total. The van der Waals surface area contributed by atoms with Crippen LogP contribution in [0.25, 0.3) is 0 Å². The minimum absolute atomic E-state index is 0.0276. The fourth-order valence-electron chi connectivity index (χ4n) is 9.19. The number of cyclic esters (lactones) is 1. The number of esters is 2. The van der Waals surface area contributed by atoms with E-state index < -0.39 is 59.1 Å². The number of rotatable bonds is 11. The molecule has 0 aliphatic carbocycles. The fraction of sp³-hybridized carbons (Fsp3) is 0.571. The molecule has 7 atom stereocenters. The van der Waals surface area contributed by atoms with Crippen molar-refractivity contribution in [2.24, 2.45) is 0 Å². The van der Waals surface area contributed by atoms with Crippen LogP contribution in [0.15, 0.2) is 18.7 Å². The number of amides is 1. The molecule has 5 aliphatic heterocycles. The third kappa shape index (κ3) is 7.77. The molecule has 5 aliphatic rings. The maximum absolute atomic E-state index is 14.0. The topological polar surface area (TPSA) is 177 Å². The highest BCUT2D eigenvalue weighted by molar-refractivity contribution is 7.99. The van der Waals surface area contributed by atoms with Crippen molar-refractivity contribution in [3.05, 3.63) is 52.1 Å². The van der Waals surface area contributed by atoms with Gasteiger partial charge in [-0.05, 0) is 52.2 Å². The van der Waals surface area contributed by atoms with Crippen molar-refractivity contribution in [2.45, 2.75) is 95.1 Å². The van der Waals surface area contributed by atoms with Gasteiger partial charge in [0.15, 0.2) is 29.8 Å². The molecular formula is C42H52N4O12S. The smallest absolute Gasteiger partial charge is 0.408 e. The molecule has 0 aromatic heterocycles. The Balaban J connectivity index is 1.49. The number of methoxy groups -OCH3 is 2. The second kappa shape index (κ2) is 17.1. The van der Waals surface area contributed by atoms with Gasteiger partial charge in [0.25, 0.3) is 0 Å². The summed E-state index contributed by atoms with van der Waals surface area (Å²) in [5, 5.41) is 13.4. The lowest BCUT2D eigenvalue weighted by Crippen LogP contribution is -2.70. The molecule has 2 fully saturated rings. The highest BCUT2D eigenvalue weighted by Crippen LogP contribution is 2.64. The van der Waals surface area contributed by atoms with Crippen LogP contribution in [0.5, 0.6) is 28.7 Å². The monoisotopic (exact) mass is 836 g/mol. The molecular weight excluding hydrogens is 785 g/mol. The van der Waals surface area contributed by atoms with Crippen molar-refractivity contribution in [2.75, 3.05) is 59.9 Å². The van der Waals surface area contributed by atoms with Gasteiger partial charge in [0, 0.05) is 60.7 Å². The number of hydrogen-bond acceptors (Lipinski definition) is 16. The van der Waals surface area contributed by atoms with E-state index in [0.29, 0.717) is 71.6 Å². The first kappa shape index (κ1) is 42.4. The number of ether oxygens (including phenoxy) is 9. The van der Waals surface area contributed by atoms with Crippen molar-refractivity contribution < 1.29 is 57.0 Å². The zero-order chi connectivity index (χ0) is 42.3. The van der Waals surface area contributed by atoms with Crippen molar-refractivity contribution in [3.8, 4) is 34.8 Å². The van der Waals surface area contributed by atoms with Gasteiger partial charge >= 0.3 is 18.0 Å². The summed E-state index contributed by atoms with van der Waals surface area (Å²) in [6.07, 6.45) is 1.53. The largest absolute Gasteiger partial charge is 0.493 e. The lowest BCUT2D eigenvalue weighted by Gasteiger charge is -2.62. The molecule has 0 unspecified atom stereocenters. The third-order valence-corrected chi connectivity index (χ3v) is 12.6. The van der Waals surface area contributed by atoms with E-state index in [1.165, 1.54) is 18.7 Å². The Morgan fingerprint density at radius 3 is 2.53 bits per heavy atom. The molecule has 2 aromatic carbocycles. The minimum Gasteiger partial charge on any atom is -0.493 e. The molecule has 4 bridgehead atoms. The van der Waals surface area contributed by atoms with Gasteiger partial charge in [-0.3, -0.25) is 14.6 Å². The first-order valence-corrected chi connectivity index (χ1v) is 20.6. The van der Waals surface area contributed by atoms with Crippen LogP contribution >= 0.6 is 11.8 Å². The van der Waals surface area contributed by atoms with Gasteiger partial charge in [-0.15, -0.1) is 18.3 Å². The number of nitrogens with zero attached hydrogens (tertiary/aromatic N) is 3. The number of aryl methyl sites for hydroxylation is 1. The summed E-state index contributed by atoms with van der Waals surface area (Å²) in [7, 11) is 3.19. The summed E-state index contributed by atoms with van der Waals surface area (Å²) in [5.74, 6) is 1.01. The number of hydrogen-bond donors (Lipinski definition) is 1. The number of fused-ring (bicyclic) bond motifs is 9. The summed E-state index contributed by atoms with van der Waals surface area (Å²) >= 11 is 1.38. The molecule has 2 aromatic rings. The van der Waals surface area contributed by atoms with E-state index in [9.17, 15) is 19.6 Å². The van der Waals surface area contributed by atoms with Crippen LogP contribution in [0.4, 0.5) is 4.79 Å². The zero-order valence-electron chi connectivity index (χ0n) is 34.7. The standard InChI is InChI=1S/C42H52N4O12S/c1-10-11-45-26-15-24-14-21(2)34(51-9)37(54-19-52-13-12-50-8)29(24)32(45)33-39-31-30(38-36(55-20-56-38)22(3)35(31)57-23(4)47)28(46(33)27(26)16-43)17-53-40(48)25(18-59-39)44-41(49)58-42(5,6)7/h10,14,25-28,32-33,39H,1,11-13,15,17-20H2,2-9H3,(H,44,49)/t25-,26-,27-,28-,32+,33+,39+/m0/s1. The van der Waals surface area contributed by atoms with Gasteiger partial charge < -0.3 is 47.9 Å². The van der Waals surface area contributed by atoms with Crippen molar-refractivity contribution >= 4 is 29.8 Å². The van der Waals surface area contributed by atoms with Crippen LogP contribution < -0.4 is 29.0 Å². The van der Waals surface area contributed by atoms with Gasteiger partial charge in [0.2, 0.25) is 6.79 Å². The normalized spacial score (nSPS) is 25.7. The van der Waals surface area contributed by atoms with Crippen molar-refractivity contribution in [1.82, 2.24) is 15.1 Å². The van der Waals surface area contributed by atoms with Crippen LogP contribution in [0.2, 0.25) is 0 Å². The number of carbonyl (C=O) groups excluding carboxylic acids is 3. The molecule has 59 heavy (non-hydrogen) atoms. The van der Waals surface area contributed by atoms with Gasteiger partial charge in [0.05, 0.1) is 43.7 Å². The quantitative estimate of drug-likeness (QED) is 0.105. The average Bonchev–Trinajstić information content (AvgIpc) is 3.67. The molecule has 5 heterocycles. The first-order valence-electron chi connectivity index (χ1n) is 19.6. The number of thioether (sulfide) groups is 1. The Bertz CT molecular complexity index is 2050. The number of alkyl carbamates (subject to hydrolysis) is 1. The minimum atomic E-state index is -1.12. The zero-order valence-corrected chi connectivity index (χ0v) is 35.5. The number of nitriles is 1. The van der Waals surface area contributed by atoms with Crippen molar-refractivity contribution in [3.63, 3.8) is 0 Å². The SMILES string of the molecule is C=CCN1[C@@H]2c3c(cc(C)c(OC)c3OCOCCOC)C[C@H]1[C@H](C#N)N1[C@H]2[C@@H]2SC[C@H](NC(=O)OC(C)(C)C)C(=O)OC[C@H]1c1c3c(c(C)c(OC(C)=O)c12)OCO3. The molecule has 16 nitrogen and oxygen atoms in total. The Hall–Kier alpha value is -4.73. The maximum Gasteiger partial charge on any atom is 0.408 e. The number of benzene rings is 2. The Kier molecular flexibility index (Phi) is 12.3. The molecule has 17 heteroatoms. The third-order valence-electron chi connectivity index (χ3n) is 11.2. The molecule has 0 spiro atoms. The maximum atomic E-state index is 14.0. The lowest BCUT2D eigenvalue weighted by atomic mass is 9.71. The Morgan fingerprint density at radius 1 is 1.08 bits per heavy atom. The molecule has 0 radical (unpaired) electrons. The number of carbonyl (C=O) groups is 3. The molecule has 318 valence electrons. The summed E-state index contributed by atoms with van der Waals surface area (Å²) in [4.78, 5) is 44.5. The number of piperazine rings is 1. The highest BCUT2D eigenvalue weighted by atomic mass is 32.2. The Morgan fingerprint density at radius 2 is 1.85 bits per heavy atom. The van der Waals surface area contributed by atoms with Crippen LogP contribution in [0, 0.1) is 25.2 Å². The molecule has 7 rings (SSSR count). The van der Waals surface area contributed by atoms with E-state index in [-0.39, 0.29) is 32.0 Å². The lowest BCUT2D eigenvalue weighted by molar-refractivity contribution is -0.151. The predicted molar refractivity (Wildman–Crippen MR) is 214 cm³/mol. The van der Waals surface area contributed by atoms with Crippen molar-refractivity contribution in [1.29, 1.82) is 5.26 Å². The average molecular weight is 837 g/mol. The number of nitrogens with one attached hydrogen (secondary N) is 1. The van der Waals surface area contributed by atoms with Gasteiger partial charge in [-0.25, -0.2) is 9.59 Å². The van der Waals surface area contributed by atoms with E-state index in [0.717, 1.165) is 16.7 Å². The molecule has 2 saturated heterocycles. The second-order valence-electron chi connectivity index (χ2n) is 16.0. The van der Waals surface area contributed by atoms with E-state index in [2.05, 4.69) is 33.8 Å². The summed E-state index contributed by atoms with van der Waals surface area (Å²) in [6, 6.07) is 0.695. The molecule has 0 saturated carbocycles. The van der Waals surface area contributed by atoms with E-state index in [1.807, 2.05) is 19.9 Å². The summed E-state index contributed by atoms with van der Waals surface area (Å²) in [6.45, 7) is 15.2. The van der Waals surface area contributed by atoms with Gasteiger partial charge in [-0.2, -0.15) is 5.26 Å². The first-order chi connectivity index (χ1) is 28.2. The second-order valence-corrected chi connectivity index (χ2v) is 17.2. The summed E-state index contributed by atoms with van der Waals surface area (Å²) < 4.78 is 53.7. The fourth-order valence-corrected chi connectivity index (χ4v) is 10.7. The summed E-state index contributed by atoms with van der Waals surface area (Å²) in [5.41, 5.74) is 3.70. The van der Waals surface area contributed by atoms with Crippen LogP contribution in [-0.4, -0.2) is 118 Å². The van der Waals surface area contributed by atoms with E-state index in [1.54, 1.807) is 35.0 Å². The van der Waals surface area contributed by atoms with E-state index in [4.69, 9.17) is 42.6 Å². The predicted octanol–water partition coefficient (Wildman–Crippen LogP) is 4.97.